The summed E-state index contributed by atoms with van der Waals surface area (Å²) in [6.07, 6.45) is 0.930. The largest absolute Gasteiger partial charge is 0.508 e. The van der Waals surface area contributed by atoms with E-state index < -0.39 is 0 Å². The zero-order chi connectivity index (χ0) is 17.1. The van der Waals surface area contributed by atoms with Gasteiger partial charge in [-0.05, 0) is 35.7 Å². The fourth-order valence-corrected chi connectivity index (χ4v) is 2.89. The van der Waals surface area contributed by atoms with E-state index >= 15 is 0 Å². The lowest BCUT2D eigenvalue weighted by Gasteiger charge is -2.18. The van der Waals surface area contributed by atoms with Crippen LogP contribution < -0.4 is 10.1 Å². The first kappa shape index (κ1) is 16.2. The molecule has 0 radical (unpaired) electrons. The van der Waals surface area contributed by atoms with Crippen LogP contribution in [0, 0.1) is 0 Å². The van der Waals surface area contributed by atoms with Gasteiger partial charge in [0.1, 0.15) is 11.5 Å². The van der Waals surface area contributed by atoms with Crippen LogP contribution in [0.2, 0.25) is 0 Å². The number of benzene rings is 2. The van der Waals surface area contributed by atoms with E-state index in [0.29, 0.717) is 12.5 Å². The second-order valence-corrected chi connectivity index (χ2v) is 6.16. The smallest absolute Gasteiger partial charge is 0.317 e. The number of rotatable bonds is 5. The van der Waals surface area contributed by atoms with E-state index in [2.05, 4.69) is 11.4 Å². The maximum atomic E-state index is 12.3. The first-order valence-electron chi connectivity index (χ1n) is 8.01. The fourth-order valence-electron chi connectivity index (χ4n) is 2.89. The molecule has 0 heterocycles. The second-order valence-electron chi connectivity index (χ2n) is 6.16. The number of carbonyl (C=O) groups excluding carboxylic acids is 1. The van der Waals surface area contributed by atoms with E-state index in [9.17, 15) is 9.90 Å². The van der Waals surface area contributed by atoms with Crippen molar-refractivity contribution in [1.29, 1.82) is 0 Å². The Balaban J connectivity index is 1.55. The van der Waals surface area contributed by atoms with Gasteiger partial charge in [-0.1, -0.05) is 30.3 Å². The number of para-hydroxylation sites is 1. The number of phenols is 1. The Kier molecular flexibility index (Phi) is 4.60. The third-order valence-corrected chi connectivity index (χ3v) is 4.34. The lowest BCUT2D eigenvalue weighted by molar-refractivity contribution is 0.206. The molecule has 1 saturated carbocycles. The summed E-state index contributed by atoms with van der Waals surface area (Å²) in [7, 11) is 3.43. The van der Waals surface area contributed by atoms with Crippen molar-refractivity contribution >= 4 is 6.03 Å². The fraction of sp³-hybridized carbons (Fsp3) is 0.316. The van der Waals surface area contributed by atoms with Gasteiger partial charge in [0.25, 0.3) is 0 Å². The number of nitrogens with one attached hydrogen (secondary N) is 1. The Bertz CT molecular complexity index is 715. The first-order valence-corrected chi connectivity index (χ1v) is 8.01. The van der Waals surface area contributed by atoms with Crippen LogP contribution in [-0.4, -0.2) is 36.2 Å². The van der Waals surface area contributed by atoms with E-state index in [1.807, 2.05) is 30.3 Å². The maximum absolute atomic E-state index is 12.3. The second kappa shape index (κ2) is 6.83. The molecule has 0 spiro atoms. The number of phenolic OH excluding ortho intramolecular Hbond substituents is 1. The van der Waals surface area contributed by atoms with Crippen LogP contribution in [0.3, 0.4) is 0 Å². The Morgan fingerprint density at radius 1 is 1.25 bits per heavy atom. The van der Waals surface area contributed by atoms with E-state index in [0.717, 1.165) is 23.3 Å². The van der Waals surface area contributed by atoms with Gasteiger partial charge in [0.05, 0.1) is 7.11 Å². The molecule has 1 aliphatic rings. The van der Waals surface area contributed by atoms with Crippen LogP contribution >= 0.6 is 0 Å². The number of hydrogen-bond acceptors (Lipinski definition) is 3. The monoisotopic (exact) mass is 326 g/mol. The average Bonchev–Trinajstić information content (AvgIpc) is 3.35. The van der Waals surface area contributed by atoms with Crippen LogP contribution in [0.25, 0.3) is 0 Å². The molecule has 0 aliphatic heterocycles. The quantitative estimate of drug-likeness (QED) is 0.887. The highest BCUT2D eigenvalue weighted by atomic mass is 16.5. The number of nitrogens with zero attached hydrogens (tertiary/aromatic N) is 1. The lowest BCUT2D eigenvalue weighted by atomic mass is 10.1. The third-order valence-electron chi connectivity index (χ3n) is 4.34. The molecule has 0 bridgehead atoms. The molecule has 24 heavy (non-hydrogen) atoms. The summed E-state index contributed by atoms with van der Waals surface area (Å²) in [4.78, 5) is 14.0. The summed E-state index contributed by atoms with van der Waals surface area (Å²) in [5, 5.41) is 12.4. The van der Waals surface area contributed by atoms with Crippen LogP contribution in [0.1, 0.15) is 23.5 Å². The molecule has 0 saturated heterocycles. The summed E-state index contributed by atoms with van der Waals surface area (Å²) in [6, 6.07) is 14.9. The molecule has 126 valence electrons. The summed E-state index contributed by atoms with van der Waals surface area (Å²) in [5.41, 5.74) is 2.12. The van der Waals surface area contributed by atoms with Crippen molar-refractivity contribution in [3.8, 4) is 11.5 Å². The van der Waals surface area contributed by atoms with Gasteiger partial charge < -0.3 is 20.1 Å². The molecule has 5 heteroatoms. The van der Waals surface area contributed by atoms with Crippen molar-refractivity contribution in [2.75, 3.05) is 14.2 Å². The van der Waals surface area contributed by atoms with Crippen LogP contribution in [-0.2, 0) is 6.54 Å². The molecule has 0 aromatic heterocycles. The van der Waals surface area contributed by atoms with Crippen molar-refractivity contribution in [2.24, 2.45) is 0 Å². The van der Waals surface area contributed by atoms with Crippen LogP contribution in [0.5, 0.6) is 11.5 Å². The van der Waals surface area contributed by atoms with Gasteiger partial charge >= 0.3 is 6.03 Å². The Morgan fingerprint density at radius 2 is 1.96 bits per heavy atom. The molecule has 2 N–H and O–H groups in total. The first-order chi connectivity index (χ1) is 11.6. The minimum atomic E-state index is -0.0922. The van der Waals surface area contributed by atoms with E-state index in [-0.39, 0.29) is 17.8 Å². The Hall–Kier alpha value is -2.69. The minimum absolute atomic E-state index is 0.0922. The number of urea groups is 1. The van der Waals surface area contributed by atoms with Crippen molar-refractivity contribution < 1.29 is 14.6 Å². The molecule has 0 unspecified atom stereocenters. The van der Waals surface area contributed by atoms with E-state index in [1.54, 1.807) is 31.2 Å². The minimum Gasteiger partial charge on any atom is -0.508 e. The number of methoxy groups -OCH3 is 1. The normalized spacial score (nSPS) is 18.8. The van der Waals surface area contributed by atoms with Crippen molar-refractivity contribution in [3.05, 3.63) is 59.7 Å². The predicted octanol–water partition coefficient (Wildman–Crippen LogP) is 3.10. The van der Waals surface area contributed by atoms with Gasteiger partial charge in [0.2, 0.25) is 0 Å². The van der Waals surface area contributed by atoms with Gasteiger partial charge in [-0.2, -0.15) is 0 Å². The molecule has 2 amide bonds. The average molecular weight is 326 g/mol. The van der Waals surface area contributed by atoms with Gasteiger partial charge in [0.15, 0.2) is 0 Å². The Morgan fingerprint density at radius 3 is 2.67 bits per heavy atom. The van der Waals surface area contributed by atoms with Crippen LogP contribution in [0.15, 0.2) is 48.5 Å². The molecule has 2 atom stereocenters. The number of carbonyl (C=O) groups is 1. The molecule has 2 aromatic rings. The van der Waals surface area contributed by atoms with E-state index in [1.165, 1.54) is 0 Å². The molecule has 1 aliphatic carbocycles. The molecular formula is C19H22N2O3. The standard InChI is InChI=1S/C19H22N2O3/c1-21(12-13-7-9-14(22)10-8-13)19(23)20-17-11-16(17)15-5-3-4-6-18(15)24-2/h3-10,16-17,22H,11-12H2,1-2H3,(H,20,23)/t16-,17+/m0/s1. The van der Waals surface area contributed by atoms with Crippen molar-refractivity contribution in [3.63, 3.8) is 0 Å². The highest BCUT2D eigenvalue weighted by Crippen LogP contribution is 2.44. The molecule has 1 fully saturated rings. The van der Waals surface area contributed by atoms with Gasteiger partial charge in [-0.3, -0.25) is 0 Å². The summed E-state index contributed by atoms with van der Waals surface area (Å²) < 4.78 is 5.39. The molecule has 3 rings (SSSR count). The number of aromatic hydroxyl groups is 1. The molecule has 2 aromatic carbocycles. The van der Waals surface area contributed by atoms with Gasteiger partial charge in [0, 0.05) is 25.6 Å². The Labute approximate surface area is 141 Å². The highest BCUT2D eigenvalue weighted by molar-refractivity contribution is 5.75. The zero-order valence-electron chi connectivity index (χ0n) is 13.9. The number of amides is 2. The van der Waals surface area contributed by atoms with Crippen molar-refractivity contribution in [2.45, 2.75) is 24.9 Å². The maximum Gasteiger partial charge on any atom is 0.317 e. The molecular weight excluding hydrogens is 304 g/mol. The highest BCUT2D eigenvalue weighted by Gasteiger charge is 2.41. The van der Waals surface area contributed by atoms with Crippen LogP contribution in [0.4, 0.5) is 4.79 Å². The SMILES string of the molecule is COc1ccccc1[C@@H]1C[C@H]1NC(=O)N(C)Cc1ccc(O)cc1. The summed E-state index contributed by atoms with van der Waals surface area (Å²) >= 11 is 0. The van der Waals surface area contributed by atoms with Gasteiger partial charge in [-0.15, -0.1) is 0 Å². The number of hydrogen-bond donors (Lipinski definition) is 2. The van der Waals surface area contributed by atoms with Crippen molar-refractivity contribution in [1.82, 2.24) is 10.2 Å². The van der Waals surface area contributed by atoms with E-state index in [4.69, 9.17) is 4.74 Å². The summed E-state index contributed by atoms with van der Waals surface area (Å²) in [5.74, 6) is 1.41. The summed E-state index contributed by atoms with van der Waals surface area (Å²) in [6.45, 7) is 0.498. The lowest BCUT2D eigenvalue weighted by Crippen LogP contribution is -2.38. The zero-order valence-corrected chi connectivity index (χ0v) is 13.9. The topological polar surface area (TPSA) is 61.8 Å². The predicted molar refractivity (Wildman–Crippen MR) is 92.2 cm³/mol. The number of ether oxygens (including phenoxy) is 1. The molecule has 5 nitrogen and oxygen atoms in total. The third kappa shape index (κ3) is 3.62. The van der Waals surface area contributed by atoms with Gasteiger partial charge in [-0.25, -0.2) is 4.79 Å².